The smallest absolute Gasteiger partial charge is 0.00204 e. The molecule has 0 atom stereocenters. The molecule has 5 aromatic carbocycles. The first-order chi connectivity index (χ1) is 11.9. The summed E-state index contributed by atoms with van der Waals surface area (Å²) < 4.78 is 0. The maximum atomic E-state index is 2.31. The van der Waals surface area contributed by atoms with Crippen LogP contribution in [0.15, 0.2) is 97.1 Å². The third kappa shape index (κ3) is 1.93. The predicted octanol–water partition coefficient (Wildman–Crippen LogP) is 6.81. The van der Waals surface area contributed by atoms with Crippen molar-refractivity contribution in [3.63, 3.8) is 0 Å². The van der Waals surface area contributed by atoms with Crippen molar-refractivity contribution in [1.29, 1.82) is 0 Å². The fourth-order valence-corrected chi connectivity index (χ4v) is 3.75. The van der Waals surface area contributed by atoms with Crippen molar-refractivity contribution in [2.24, 2.45) is 0 Å². The molecule has 112 valence electrons. The first kappa shape index (κ1) is 13.3. The number of fused-ring (bicyclic) bond motifs is 4. The Bertz CT molecular complexity index is 1180. The van der Waals surface area contributed by atoms with Crippen molar-refractivity contribution in [2.45, 2.75) is 0 Å². The summed E-state index contributed by atoms with van der Waals surface area (Å²) in [6, 6.07) is 34.9. The fraction of sp³-hybridized carbons (Fsp3) is 0. The van der Waals surface area contributed by atoms with Gasteiger partial charge in [-0.05, 0) is 49.5 Å². The average Bonchev–Trinajstić information content (AvgIpc) is 2.66. The molecule has 0 unspecified atom stereocenters. The second kappa shape index (κ2) is 5.21. The van der Waals surface area contributed by atoms with Crippen LogP contribution in [0.4, 0.5) is 0 Å². The van der Waals surface area contributed by atoms with E-state index >= 15 is 0 Å². The summed E-state index contributed by atoms with van der Waals surface area (Å²) in [7, 11) is 0. The summed E-state index contributed by atoms with van der Waals surface area (Å²) in [5, 5.41) is 7.85. The Morgan fingerprint density at radius 3 is 1.88 bits per heavy atom. The molecule has 0 saturated heterocycles. The van der Waals surface area contributed by atoms with Gasteiger partial charge in [0, 0.05) is 0 Å². The third-order valence-electron chi connectivity index (χ3n) is 4.81. The molecule has 0 heterocycles. The molecule has 0 aliphatic rings. The van der Waals surface area contributed by atoms with Crippen LogP contribution in [0, 0.1) is 0 Å². The molecular formula is C24H16. The summed E-state index contributed by atoms with van der Waals surface area (Å²) in [6.07, 6.45) is 0. The molecule has 0 radical (unpaired) electrons. The maximum Gasteiger partial charge on any atom is -0.00204 e. The summed E-state index contributed by atoms with van der Waals surface area (Å²) in [5.41, 5.74) is 2.61. The molecule has 5 aromatic rings. The highest BCUT2D eigenvalue weighted by Gasteiger charge is 2.12. The highest BCUT2D eigenvalue weighted by Crippen LogP contribution is 2.39. The Kier molecular flexibility index (Phi) is 2.89. The minimum Gasteiger partial charge on any atom is -0.0622 e. The van der Waals surface area contributed by atoms with Crippen molar-refractivity contribution in [3.8, 4) is 11.1 Å². The number of hydrogen-bond acceptors (Lipinski definition) is 0. The molecule has 0 saturated carbocycles. The minimum atomic E-state index is 1.27. The molecule has 0 fully saturated rings. The van der Waals surface area contributed by atoms with E-state index in [1.54, 1.807) is 0 Å². The van der Waals surface area contributed by atoms with Crippen LogP contribution >= 0.6 is 0 Å². The van der Waals surface area contributed by atoms with Gasteiger partial charge in [-0.2, -0.15) is 0 Å². The van der Waals surface area contributed by atoms with Gasteiger partial charge in [0.2, 0.25) is 0 Å². The summed E-state index contributed by atoms with van der Waals surface area (Å²) in [6.45, 7) is 0. The number of rotatable bonds is 1. The van der Waals surface area contributed by atoms with Crippen LogP contribution in [-0.4, -0.2) is 0 Å². The van der Waals surface area contributed by atoms with E-state index in [1.165, 1.54) is 43.4 Å². The molecular weight excluding hydrogens is 288 g/mol. The Hall–Kier alpha value is -3.12. The Labute approximate surface area is 141 Å². The molecule has 0 bridgehead atoms. The topological polar surface area (TPSA) is 0 Å². The summed E-state index contributed by atoms with van der Waals surface area (Å²) >= 11 is 0. The van der Waals surface area contributed by atoms with E-state index in [2.05, 4.69) is 97.1 Å². The predicted molar refractivity (Wildman–Crippen MR) is 104 cm³/mol. The quantitative estimate of drug-likeness (QED) is 0.235. The third-order valence-corrected chi connectivity index (χ3v) is 4.81. The van der Waals surface area contributed by atoms with Gasteiger partial charge in [0.05, 0.1) is 0 Å². The van der Waals surface area contributed by atoms with Gasteiger partial charge < -0.3 is 0 Å². The fourth-order valence-electron chi connectivity index (χ4n) is 3.75. The normalized spacial score (nSPS) is 11.3. The molecule has 0 nitrogen and oxygen atoms in total. The number of hydrogen-bond donors (Lipinski definition) is 0. The largest absolute Gasteiger partial charge is 0.0622 e. The standard InChI is InChI=1S/C24H16/c1-2-9-18(10-3-1)23-22-13-7-5-11-19(22)16-20-15-14-17-8-4-6-12-21(17)24(20)23/h1-16H. The first-order valence-electron chi connectivity index (χ1n) is 8.30. The van der Waals surface area contributed by atoms with Crippen molar-refractivity contribution in [2.75, 3.05) is 0 Å². The van der Waals surface area contributed by atoms with Crippen LogP contribution in [0.3, 0.4) is 0 Å². The molecule has 0 amide bonds. The SMILES string of the molecule is c1ccc(-c2c3ccccc3cc3ccc4ccccc4c23)cc1. The van der Waals surface area contributed by atoms with Crippen LogP contribution in [0.1, 0.15) is 0 Å². The zero-order valence-electron chi connectivity index (χ0n) is 13.2. The van der Waals surface area contributed by atoms with Crippen molar-refractivity contribution >= 4 is 32.3 Å². The Morgan fingerprint density at radius 1 is 0.417 bits per heavy atom. The highest BCUT2D eigenvalue weighted by atomic mass is 14.1. The second-order valence-corrected chi connectivity index (χ2v) is 6.22. The molecule has 0 aromatic heterocycles. The monoisotopic (exact) mass is 304 g/mol. The van der Waals surface area contributed by atoms with Gasteiger partial charge in [0.1, 0.15) is 0 Å². The van der Waals surface area contributed by atoms with Crippen molar-refractivity contribution < 1.29 is 0 Å². The summed E-state index contributed by atoms with van der Waals surface area (Å²) in [4.78, 5) is 0. The van der Waals surface area contributed by atoms with Gasteiger partial charge in [-0.15, -0.1) is 0 Å². The van der Waals surface area contributed by atoms with Crippen LogP contribution in [0.5, 0.6) is 0 Å². The zero-order valence-corrected chi connectivity index (χ0v) is 13.2. The highest BCUT2D eigenvalue weighted by molar-refractivity contribution is 6.21. The van der Waals surface area contributed by atoms with E-state index in [0.29, 0.717) is 0 Å². The number of benzene rings is 5. The Morgan fingerprint density at radius 2 is 1.04 bits per heavy atom. The van der Waals surface area contributed by atoms with E-state index in [9.17, 15) is 0 Å². The maximum absolute atomic E-state index is 2.31. The Balaban J connectivity index is 2.10. The van der Waals surface area contributed by atoms with E-state index in [0.717, 1.165) is 0 Å². The minimum absolute atomic E-state index is 1.27. The van der Waals surface area contributed by atoms with Gasteiger partial charge in [-0.3, -0.25) is 0 Å². The lowest BCUT2D eigenvalue weighted by molar-refractivity contribution is 1.68. The van der Waals surface area contributed by atoms with Gasteiger partial charge in [0.25, 0.3) is 0 Å². The van der Waals surface area contributed by atoms with Crippen LogP contribution in [-0.2, 0) is 0 Å². The van der Waals surface area contributed by atoms with Crippen LogP contribution in [0.2, 0.25) is 0 Å². The van der Waals surface area contributed by atoms with Gasteiger partial charge in [-0.25, -0.2) is 0 Å². The molecule has 0 spiro atoms. The van der Waals surface area contributed by atoms with E-state index in [-0.39, 0.29) is 0 Å². The molecule has 0 N–H and O–H groups in total. The van der Waals surface area contributed by atoms with Crippen molar-refractivity contribution in [3.05, 3.63) is 97.1 Å². The zero-order chi connectivity index (χ0) is 15.9. The molecule has 0 heteroatoms. The lowest BCUT2D eigenvalue weighted by Gasteiger charge is -2.14. The van der Waals surface area contributed by atoms with E-state index in [1.807, 2.05) is 0 Å². The van der Waals surface area contributed by atoms with E-state index in [4.69, 9.17) is 0 Å². The second-order valence-electron chi connectivity index (χ2n) is 6.22. The molecule has 0 aliphatic carbocycles. The first-order valence-corrected chi connectivity index (χ1v) is 8.30. The lowest BCUT2D eigenvalue weighted by Crippen LogP contribution is -1.87. The van der Waals surface area contributed by atoms with E-state index < -0.39 is 0 Å². The summed E-state index contributed by atoms with van der Waals surface area (Å²) in [5.74, 6) is 0. The molecule has 0 aliphatic heterocycles. The lowest BCUT2D eigenvalue weighted by atomic mass is 9.89. The molecule has 5 rings (SSSR count). The van der Waals surface area contributed by atoms with Gasteiger partial charge in [0.15, 0.2) is 0 Å². The van der Waals surface area contributed by atoms with Gasteiger partial charge >= 0.3 is 0 Å². The average molecular weight is 304 g/mol. The van der Waals surface area contributed by atoms with Crippen molar-refractivity contribution in [1.82, 2.24) is 0 Å². The van der Waals surface area contributed by atoms with Gasteiger partial charge in [-0.1, -0.05) is 91.0 Å². The van der Waals surface area contributed by atoms with Crippen LogP contribution in [0.25, 0.3) is 43.4 Å². The molecule has 24 heavy (non-hydrogen) atoms. The van der Waals surface area contributed by atoms with Crippen LogP contribution < -0.4 is 0 Å².